The highest BCUT2D eigenvalue weighted by molar-refractivity contribution is 5.60. The van der Waals surface area contributed by atoms with E-state index in [1.165, 1.54) is 0 Å². The van der Waals surface area contributed by atoms with E-state index in [4.69, 9.17) is 5.11 Å². The van der Waals surface area contributed by atoms with E-state index >= 15 is 0 Å². The van der Waals surface area contributed by atoms with Gasteiger partial charge in [-0.25, -0.2) is 0 Å². The maximum atomic E-state index is 8.75. The number of benzene rings is 1. The topological polar surface area (TPSA) is 63.0 Å². The molecule has 2 aromatic rings. The van der Waals surface area contributed by atoms with Crippen molar-refractivity contribution in [3.05, 3.63) is 36.0 Å². The molecule has 0 saturated carbocycles. The maximum Gasteiger partial charge on any atom is 0.117 e. The van der Waals surface area contributed by atoms with Crippen LogP contribution < -0.4 is 5.32 Å². The third kappa shape index (κ3) is 4.65. The van der Waals surface area contributed by atoms with E-state index in [0.717, 1.165) is 55.8 Å². The van der Waals surface area contributed by atoms with Gasteiger partial charge in [0, 0.05) is 18.7 Å². The predicted molar refractivity (Wildman–Crippen MR) is 83.8 cm³/mol. The molecule has 0 unspecified atom stereocenters. The zero-order valence-corrected chi connectivity index (χ0v) is 12.6. The number of aliphatic hydroxyl groups is 1. The lowest BCUT2D eigenvalue weighted by Crippen LogP contribution is -2.16. The zero-order valence-electron chi connectivity index (χ0n) is 12.6. The molecule has 1 aromatic heterocycles. The highest BCUT2D eigenvalue weighted by Gasteiger charge is 2.11. The van der Waals surface area contributed by atoms with Crippen molar-refractivity contribution in [2.75, 3.05) is 13.2 Å². The molecule has 2 N–H and O–H groups in total. The molecule has 0 amide bonds. The van der Waals surface area contributed by atoms with Crippen LogP contribution in [0.5, 0.6) is 0 Å². The molecule has 2 rings (SSSR count). The Hall–Kier alpha value is -1.72. The average molecular weight is 288 g/mol. The van der Waals surface area contributed by atoms with Crippen molar-refractivity contribution in [2.24, 2.45) is 0 Å². The van der Waals surface area contributed by atoms with Crippen LogP contribution in [-0.4, -0.2) is 33.3 Å². The van der Waals surface area contributed by atoms with Crippen molar-refractivity contribution < 1.29 is 5.11 Å². The van der Waals surface area contributed by atoms with Gasteiger partial charge in [-0.3, -0.25) is 0 Å². The smallest absolute Gasteiger partial charge is 0.117 e. The average Bonchev–Trinajstić information content (AvgIpc) is 2.95. The van der Waals surface area contributed by atoms with Crippen molar-refractivity contribution in [1.82, 2.24) is 20.3 Å². The first-order valence-corrected chi connectivity index (χ1v) is 7.66. The standard InChI is InChI=1S/C16H24N4O/c1-2-20-18-15(13-17-11-7-4-8-12-21)16(19-20)14-9-5-3-6-10-14/h3,5-6,9-10,17,21H,2,4,7-8,11-13H2,1H3. The van der Waals surface area contributed by atoms with Crippen molar-refractivity contribution in [3.63, 3.8) is 0 Å². The van der Waals surface area contributed by atoms with E-state index < -0.39 is 0 Å². The Morgan fingerprint density at radius 3 is 2.62 bits per heavy atom. The van der Waals surface area contributed by atoms with Crippen LogP contribution in [0.3, 0.4) is 0 Å². The van der Waals surface area contributed by atoms with Crippen LogP contribution in [0.1, 0.15) is 31.9 Å². The Labute approximate surface area is 126 Å². The fourth-order valence-electron chi connectivity index (χ4n) is 2.21. The van der Waals surface area contributed by atoms with E-state index in [9.17, 15) is 0 Å². The van der Waals surface area contributed by atoms with Crippen LogP contribution in [0, 0.1) is 0 Å². The van der Waals surface area contributed by atoms with Gasteiger partial charge in [0.25, 0.3) is 0 Å². The summed E-state index contributed by atoms with van der Waals surface area (Å²) in [6.45, 7) is 4.76. The molecule has 0 aliphatic carbocycles. The molecule has 1 heterocycles. The summed E-state index contributed by atoms with van der Waals surface area (Å²) in [4.78, 5) is 1.74. The lowest BCUT2D eigenvalue weighted by Gasteiger charge is -2.04. The van der Waals surface area contributed by atoms with E-state index in [2.05, 4.69) is 27.6 Å². The summed E-state index contributed by atoms with van der Waals surface area (Å²) in [6, 6.07) is 10.2. The minimum Gasteiger partial charge on any atom is -0.396 e. The lowest BCUT2D eigenvalue weighted by molar-refractivity contribution is 0.283. The first kappa shape index (κ1) is 15.7. The number of nitrogens with one attached hydrogen (secondary N) is 1. The predicted octanol–water partition coefficient (Wildman–Crippen LogP) is 2.22. The molecule has 5 heteroatoms. The van der Waals surface area contributed by atoms with Gasteiger partial charge >= 0.3 is 0 Å². The fraction of sp³-hybridized carbons (Fsp3) is 0.500. The number of unbranched alkanes of at least 4 members (excludes halogenated alkanes) is 2. The number of hydrogen-bond donors (Lipinski definition) is 2. The van der Waals surface area contributed by atoms with Crippen LogP contribution in [0.4, 0.5) is 0 Å². The Bertz CT molecular complexity index is 524. The second-order valence-corrected chi connectivity index (χ2v) is 5.01. The first-order valence-electron chi connectivity index (χ1n) is 7.66. The molecule has 0 radical (unpaired) electrons. The van der Waals surface area contributed by atoms with Gasteiger partial charge in [-0.1, -0.05) is 30.3 Å². The molecule has 0 spiro atoms. The lowest BCUT2D eigenvalue weighted by atomic mass is 10.1. The minimum atomic E-state index is 0.281. The van der Waals surface area contributed by atoms with Gasteiger partial charge in [0.2, 0.25) is 0 Å². The van der Waals surface area contributed by atoms with E-state index in [0.29, 0.717) is 0 Å². The number of aliphatic hydroxyl groups excluding tert-OH is 1. The molecule has 0 atom stereocenters. The summed E-state index contributed by atoms with van der Waals surface area (Å²) < 4.78 is 0. The van der Waals surface area contributed by atoms with Gasteiger partial charge in [-0.2, -0.15) is 15.0 Å². The number of hydrogen-bond acceptors (Lipinski definition) is 4. The molecule has 114 valence electrons. The van der Waals surface area contributed by atoms with Crippen molar-refractivity contribution in [1.29, 1.82) is 0 Å². The molecule has 21 heavy (non-hydrogen) atoms. The zero-order chi connectivity index (χ0) is 14.9. The Morgan fingerprint density at radius 1 is 1.10 bits per heavy atom. The van der Waals surface area contributed by atoms with Crippen molar-refractivity contribution in [2.45, 2.75) is 39.3 Å². The summed E-state index contributed by atoms with van der Waals surface area (Å²) in [6.07, 6.45) is 3.00. The fourth-order valence-corrected chi connectivity index (χ4v) is 2.21. The minimum absolute atomic E-state index is 0.281. The Morgan fingerprint density at radius 2 is 1.90 bits per heavy atom. The summed E-state index contributed by atoms with van der Waals surface area (Å²) in [5.74, 6) is 0. The monoisotopic (exact) mass is 288 g/mol. The van der Waals surface area contributed by atoms with Crippen LogP contribution in [-0.2, 0) is 13.1 Å². The molecule has 0 saturated heterocycles. The van der Waals surface area contributed by atoms with Crippen LogP contribution in [0.2, 0.25) is 0 Å². The second-order valence-electron chi connectivity index (χ2n) is 5.01. The van der Waals surface area contributed by atoms with Gasteiger partial charge in [0.1, 0.15) is 11.4 Å². The normalized spacial score (nSPS) is 11.0. The van der Waals surface area contributed by atoms with Crippen LogP contribution in [0.25, 0.3) is 11.3 Å². The second kappa shape index (κ2) is 8.54. The summed E-state index contributed by atoms with van der Waals surface area (Å²) in [5.41, 5.74) is 3.06. The number of aryl methyl sites for hydroxylation is 1. The molecule has 5 nitrogen and oxygen atoms in total. The molecule has 0 aliphatic rings. The van der Waals surface area contributed by atoms with Crippen molar-refractivity contribution >= 4 is 0 Å². The SMILES string of the molecule is CCn1nc(CNCCCCCO)c(-c2ccccc2)n1. The third-order valence-electron chi connectivity index (χ3n) is 3.36. The molecular formula is C16H24N4O. The van der Waals surface area contributed by atoms with Crippen molar-refractivity contribution in [3.8, 4) is 11.3 Å². The quantitative estimate of drug-likeness (QED) is 0.695. The molecule has 0 aliphatic heterocycles. The number of rotatable bonds is 9. The van der Waals surface area contributed by atoms with Gasteiger partial charge in [0.15, 0.2) is 0 Å². The van der Waals surface area contributed by atoms with Gasteiger partial charge in [-0.05, 0) is 32.7 Å². The highest BCUT2D eigenvalue weighted by atomic mass is 16.2. The van der Waals surface area contributed by atoms with Crippen LogP contribution >= 0.6 is 0 Å². The number of aromatic nitrogens is 3. The molecule has 1 aromatic carbocycles. The maximum absolute atomic E-state index is 8.75. The Kier molecular flexibility index (Phi) is 6.37. The summed E-state index contributed by atoms with van der Waals surface area (Å²) in [7, 11) is 0. The first-order chi connectivity index (χ1) is 10.3. The molecule has 0 fully saturated rings. The largest absolute Gasteiger partial charge is 0.396 e. The number of nitrogens with zero attached hydrogens (tertiary/aromatic N) is 3. The molecular weight excluding hydrogens is 264 g/mol. The van der Waals surface area contributed by atoms with Crippen LogP contribution in [0.15, 0.2) is 30.3 Å². The summed E-state index contributed by atoms with van der Waals surface area (Å²) >= 11 is 0. The molecule has 0 bridgehead atoms. The van der Waals surface area contributed by atoms with E-state index in [1.807, 2.05) is 25.1 Å². The van der Waals surface area contributed by atoms with E-state index in [-0.39, 0.29) is 6.61 Å². The van der Waals surface area contributed by atoms with Gasteiger partial charge in [-0.15, -0.1) is 0 Å². The Balaban J connectivity index is 1.97. The van der Waals surface area contributed by atoms with Gasteiger partial charge < -0.3 is 10.4 Å². The van der Waals surface area contributed by atoms with E-state index in [1.54, 1.807) is 4.80 Å². The highest BCUT2D eigenvalue weighted by Crippen LogP contribution is 2.19. The summed E-state index contributed by atoms with van der Waals surface area (Å²) in [5, 5.41) is 21.3. The van der Waals surface area contributed by atoms with Gasteiger partial charge in [0.05, 0.1) is 6.54 Å². The third-order valence-corrected chi connectivity index (χ3v) is 3.36.